The van der Waals surface area contributed by atoms with Gasteiger partial charge in [-0.15, -0.1) is 0 Å². The molecule has 2 aromatic heterocycles. The van der Waals surface area contributed by atoms with Gasteiger partial charge in [-0.25, -0.2) is 9.97 Å². The predicted molar refractivity (Wildman–Crippen MR) is 117 cm³/mol. The van der Waals surface area contributed by atoms with Crippen LogP contribution in [0.1, 0.15) is 23.9 Å². The zero-order valence-electron chi connectivity index (χ0n) is 15.9. The minimum atomic E-state index is -1.24. The number of H-pyrrole nitrogens is 2. The lowest BCUT2D eigenvalue weighted by atomic mass is 10.1. The van der Waals surface area contributed by atoms with E-state index in [-0.39, 0.29) is 0 Å². The number of aromatic nitrogens is 4. The van der Waals surface area contributed by atoms with E-state index in [4.69, 9.17) is 0 Å². The first-order valence-corrected chi connectivity index (χ1v) is 9.79. The molecule has 4 aromatic carbocycles. The third-order valence-electron chi connectivity index (χ3n) is 5.59. The van der Waals surface area contributed by atoms with Gasteiger partial charge in [-0.3, -0.25) is 0 Å². The second-order valence-electron chi connectivity index (χ2n) is 7.57. The predicted octanol–water partition coefficient (Wildman–Crippen LogP) is 4.51. The van der Waals surface area contributed by atoms with E-state index in [1.54, 1.807) is 0 Å². The van der Waals surface area contributed by atoms with Crippen LogP contribution in [0.3, 0.4) is 0 Å². The molecule has 0 unspecified atom stereocenters. The lowest BCUT2D eigenvalue weighted by Crippen LogP contribution is -2.13. The zero-order valence-corrected chi connectivity index (χ0v) is 15.9. The van der Waals surface area contributed by atoms with Crippen molar-refractivity contribution in [3.63, 3.8) is 0 Å². The lowest BCUT2D eigenvalue weighted by molar-refractivity contribution is 0.00780. The van der Waals surface area contributed by atoms with Gasteiger partial charge in [-0.1, -0.05) is 48.5 Å². The number of fused-ring (bicyclic) bond motifs is 4. The number of benzene rings is 4. The van der Waals surface area contributed by atoms with Crippen LogP contribution in [0, 0.1) is 0 Å². The molecular weight excluding hydrogens is 376 g/mol. The van der Waals surface area contributed by atoms with Crippen molar-refractivity contribution in [2.24, 2.45) is 0 Å². The number of hydrogen-bond acceptors (Lipinski definition) is 4. The maximum atomic E-state index is 10.8. The Labute approximate surface area is 170 Å². The molecular formula is C24H18N4O2. The summed E-state index contributed by atoms with van der Waals surface area (Å²) in [5.41, 5.74) is 3.10. The van der Waals surface area contributed by atoms with E-state index in [1.165, 1.54) is 0 Å². The summed E-state index contributed by atoms with van der Waals surface area (Å²) in [5, 5.41) is 25.9. The van der Waals surface area contributed by atoms with E-state index < -0.39 is 12.2 Å². The van der Waals surface area contributed by atoms with Gasteiger partial charge in [0.05, 0.1) is 22.1 Å². The van der Waals surface area contributed by atoms with E-state index >= 15 is 0 Å². The van der Waals surface area contributed by atoms with Crippen LogP contribution in [0.15, 0.2) is 72.8 Å². The average molecular weight is 394 g/mol. The van der Waals surface area contributed by atoms with Gasteiger partial charge < -0.3 is 20.2 Å². The minimum Gasteiger partial charge on any atom is -0.382 e. The number of hydrogen-bond donors (Lipinski definition) is 4. The molecule has 6 nitrogen and oxygen atoms in total. The standard InChI is InChI=1S/C24H18N4O2/c29-21(23-25-17-9-13-5-1-2-6-14(13)10-18(17)26-23)22(30)24-27-19-11-15-7-3-4-8-16(15)12-20(19)28-24/h1-12,21-22,29-30H,(H,25,26)(H,27,28)/t21-,22-/m0/s1. The SMILES string of the molecule is O[C@H](c1nc2cc3ccccc3cc2[nH]1)[C@H](O)c1nc2cc3ccccc3cc2[nH]1. The van der Waals surface area contributed by atoms with Crippen molar-refractivity contribution < 1.29 is 10.2 Å². The zero-order chi connectivity index (χ0) is 20.2. The highest BCUT2D eigenvalue weighted by molar-refractivity contribution is 5.96. The van der Waals surface area contributed by atoms with Gasteiger partial charge in [0, 0.05) is 0 Å². The third-order valence-corrected chi connectivity index (χ3v) is 5.59. The Bertz CT molecular complexity index is 1330. The van der Waals surface area contributed by atoms with Crippen LogP contribution in [-0.2, 0) is 0 Å². The summed E-state index contributed by atoms with van der Waals surface area (Å²) >= 11 is 0. The molecule has 6 aromatic rings. The largest absolute Gasteiger partial charge is 0.382 e. The van der Waals surface area contributed by atoms with Crippen molar-refractivity contribution in [3.05, 3.63) is 84.4 Å². The van der Waals surface area contributed by atoms with Crippen LogP contribution in [0.4, 0.5) is 0 Å². The third kappa shape index (κ3) is 2.66. The van der Waals surface area contributed by atoms with Crippen LogP contribution in [0.25, 0.3) is 43.6 Å². The maximum absolute atomic E-state index is 10.8. The molecule has 4 N–H and O–H groups in total. The molecule has 0 saturated heterocycles. The van der Waals surface area contributed by atoms with Crippen molar-refractivity contribution in [2.45, 2.75) is 12.2 Å². The Kier molecular flexibility index (Phi) is 3.65. The fraction of sp³-hybridized carbons (Fsp3) is 0.0833. The summed E-state index contributed by atoms with van der Waals surface area (Å²) in [5.74, 6) is 0.608. The number of rotatable bonds is 3. The number of nitrogens with zero attached hydrogens (tertiary/aromatic N) is 2. The van der Waals surface area contributed by atoms with Gasteiger partial charge >= 0.3 is 0 Å². The fourth-order valence-electron chi connectivity index (χ4n) is 4.01. The highest BCUT2D eigenvalue weighted by Crippen LogP contribution is 2.30. The van der Waals surface area contributed by atoms with Crippen LogP contribution >= 0.6 is 0 Å². The van der Waals surface area contributed by atoms with Crippen molar-refractivity contribution in [3.8, 4) is 0 Å². The highest BCUT2D eigenvalue weighted by Gasteiger charge is 2.26. The Morgan fingerprint density at radius 3 is 1.33 bits per heavy atom. The molecule has 0 amide bonds. The molecule has 0 bridgehead atoms. The molecule has 6 rings (SSSR count). The van der Waals surface area contributed by atoms with E-state index in [2.05, 4.69) is 19.9 Å². The van der Waals surface area contributed by atoms with Crippen molar-refractivity contribution >= 4 is 43.6 Å². The van der Waals surface area contributed by atoms with Gasteiger partial charge in [0.1, 0.15) is 23.9 Å². The van der Waals surface area contributed by atoms with Crippen molar-refractivity contribution in [2.75, 3.05) is 0 Å². The monoisotopic (exact) mass is 394 g/mol. The second kappa shape index (κ2) is 6.38. The van der Waals surface area contributed by atoms with Crippen LogP contribution < -0.4 is 0 Å². The molecule has 30 heavy (non-hydrogen) atoms. The smallest absolute Gasteiger partial charge is 0.145 e. The van der Waals surface area contributed by atoms with Gasteiger partial charge in [0.25, 0.3) is 0 Å². The van der Waals surface area contributed by atoms with E-state index in [0.29, 0.717) is 11.6 Å². The molecule has 6 heteroatoms. The second-order valence-corrected chi connectivity index (χ2v) is 7.57. The van der Waals surface area contributed by atoms with Crippen LogP contribution in [-0.4, -0.2) is 30.1 Å². The molecule has 0 spiro atoms. The number of imidazole rings is 2. The summed E-state index contributed by atoms with van der Waals surface area (Å²) in [7, 11) is 0. The van der Waals surface area contributed by atoms with Crippen LogP contribution in [0.5, 0.6) is 0 Å². The van der Waals surface area contributed by atoms with E-state index in [1.807, 2.05) is 72.8 Å². The first kappa shape index (κ1) is 17.1. The summed E-state index contributed by atoms with van der Waals surface area (Å²) in [4.78, 5) is 15.3. The first-order chi connectivity index (χ1) is 14.7. The quantitative estimate of drug-likeness (QED) is 0.355. The summed E-state index contributed by atoms with van der Waals surface area (Å²) in [6.07, 6.45) is -2.48. The molecule has 0 radical (unpaired) electrons. The van der Waals surface area contributed by atoms with Crippen LogP contribution in [0.2, 0.25) is 0 Å². The van der Waals surface area contributed by atoms with Gasteiger partial charge in [-0.05, 0) is 45.8 Å². The average Bonchev–Trinajstić information content (AvgIpc) is 3.38. The van der Waals surface area contributed by atoms with E-state index in [9.17, 15) is 10.2 Å². The Morgan fingerprint density at radius 2 is 0.933 bits per heavy atom. The molecule has 0 aliphatic heterocycles. The number of aromatic amines is 2. The molecule has 0 aliphatic rings. The Balaban J connectivity index is 1.39. The van der Waals surface area contributed by atoms with E-state index in [0.717, 1.165) is 43.6 Å². The Morgan fingerprint density at radius 1 is 0.567 bits per heavy atom. The molecule has 0 aliphatic carbocycles. The van der Waals surface area contributed by atoms with Crippen molar-refractivity contribution in [1.82, 2.24) is 19.9 Å². The molecule has 146 valence electrons. The summed E-state index contributed by atoms with van der Waals surface area (Å²) in [6, 6.07) is 23.9. The first-order valence-electron chi connectivity index (χ1n) is 9.79. The summed E-state index contributed by atoms with van der Waals surface area (Å²) < 4.78 is 0. The molecule has 0 fully saturated rings. The number of nitrogens with one attached hydrogen (secondary N) is 2. The molecule has 2 heterocycles. The topological polar surface area (TPSA) is 97.8 Å². The van der Waals surface area contributed by atoms with Crippen molar-refractivity contribution in [1.29, 1.82) is 0 Å². The minimum absolute atomic E-state index is 0.304. The molecule has 0 saturated carbocycles. The highest BCUT2D eigenvalue weighted by atomic mass is 16.3. The number of aliphatic hydroxyl groups excluding tert-OH is 2. The molecule has 2 atom stereocenters. The van der Waals surface area contributed by atoms with Gasteiger partial charge in [0.2, 0.25) is 0 Å². The fourth-order valence-corrected chi connectivity index (χ4v) is 4.01. The lowest BCUT2D eigenvalue weighted by Gasteiger charge is -2.13. The van der Waals surface area contributed by atoms with Gasteiger partial charge in [-0.2, -0.15) is 0 Å². The normalized spacial score (nSPS) is 14.1. The number of aliphatic hydroxyl groups is 2. The maximum Gasteiger partial charge on any atom is 0.145 e. The van der Waals surface area contributed by atoms with Gasteiger partial charge in [0.15, 0.2) is 0 Å². The summed E-state index contributed by atoms with van der Waals surface area (Å²) in [6.45, 7) is 0. The Hall–Kier alpha value is -3.74.